The van der Waals surface area contributed by atoms with Gasteiger partial charge in [0.2, 0.25) is 0 Å². The molecule has 2 aromatic heterocycles. The lowest BCUT2D eigenvalue weighted by Crippen LogP contribution is -2.21. The van der Waals surface area contributed by atoms with Gasteiger partial charge in [-0.1, -0.05) is 19.1 Å². The van der Waals surface area contributed by atoms with Gasteiger partial charge in [-0.2, -0.15) is 4.98 Å². The van der Waals surface area contributed by atoms with Gasteiger partial charge >= 0.3 is 0 Å². The summed E-state index contributed by atoms with van der Waals surface area (Å²) in [4.78, 5) is 21.6. The summed E-state index contributed by atoms with van der Waals surface area (Å²) in [5.41, 5.74) is 2.61. The van der Waals surface area contributed by atoms with Crippen molar-refractivity contribution in [2.45, 2.75) is 32.1 Å². The molecule has 6 heteroatoms. The van der Waals surface area contributed by atoms with E-state index in [9.17, 15) is 4.79 Å². The molecule has 24 heavy (non-hydrogen) atoms. The van der Waals surface area contributed by atoms with Crippen molar-refractivity contribution in [1.82, 2.24) is 19.6 Å². The minimum atomic E-state index is 0.111. The Morgan fingerprint density at radius 1 is 1.21 bits per heavy atom. The lowest BCUT2D eigenvalue weighted by molar-refractivity contribution is 0.0962. The number of methoxy groups -OCH3 is 1. The Kier molecular flexibility index (Phi) is 3.52. The third-order valence-electron chi connectivity index (χ3n) is 4.53. The second-order valence-corrected chi connectivity index (χ2v) is 6.03. The van der Waals surface area contributed by atoms with Crippen LogP contribution < -0.4 is 4.74 Å². The number of rotatable bonds is 3. The molecule has 6 nitrogen and oxygen atoms in total. The van der Waals surface area contributed by atoms with Gasteiger partial charge in [-0.15, -0.1) is 5.10 Å². The van der Waals surface area contributed by atoms with Crippen LogP contribution in [0.3, 0.4) is 0 Å². The summed E-state index contributed by atoms with van der Waals surface area (Å²) < 4.78 is 6.81. The van der Waals surface area contributed by atoms with Crippen LogP contribution in [0.2, 0.25) is 0 Å². The number of ether oxygens (including phenoxy) is 1. The number of carbonyl (C=O) groups is 1. The van der Waals surface area contributed by atoms with E-state index in [-0.39, 0.29) is 11.7 Å². The molecule has 2 heterocycles. The van der Waals surface area contributed by atoms with Gasteiger partial charge in [0.05, 0.1) is 18.4 Å². The topological polar surface area (TPSA) is 69.4 Å². The summed E-state index contributed by atoms with van der Waals surface area (Å²) >= 11 is 0. The van der Waals surface area contributed by atoms with Crippen LogP contribution in [0.1, 0.15) is 46.7 Å². The zero-order valence-corrected chi connectivity index (χ0v) is 13.7. The molecule has 0 radical (unpaired) electrons. The standard InChI is InChI=1S/C18H18N4O2/c1-3-17-20-18-19-15-8-12(11-4-6-13(24-2)7-5-11)9-16(23)14(15)10-22(18)21-17/h4-7,10,12H,3,8-9H2,1-2H3/t12-/m1/s1. The second kappa shape index (κ2) is 5.70. The number of nitrogens with zero attached hydrogens (tertiary/aromatic N) is 4. The molecule has 0 bridgehead atoms. The normalized spacial score (nSPS) is 17.1. The summed E-state index contributed by atoms with van der Waals surface area (Å²) in [5.74, 6) is 2.37. The molecule has 0 aliphatic heterocycles. The quantitative estimate of drug-likeness (QED) is 0.741. The molecular weight excluding hydrogens is 304 g/mol. The Hall–Kier alpha value is -2.76. The number of ketones is 1. The van der Waals surface area contributed by atoms with Crippen molar-refractivity contribution in [2.75, 3.05) is 7.11 Å². The summed E-state index contributed by atoms with van der Waals surface area (Å²) in [6, 6.07) is 7.90. The number of benzene rings is 1. The lowest BCUT2D eigenvalue weighted by Gasteiger charge is -2.23. The maximum Gasteiger partial charge on any atom is 0.252 e. The smallest absolute Gasteiger partial charge is 0.252 e. The third kappa shape index (κ3) is 2.44. The number of carbonyl (C=O) groups excluding carboxylic acids is 1. The molecule has 1 aliphatic rings. The van der Waals surface area contributed by atoms with Crippen molar-refractivity contribution in [1.29, 1.82) is 0 Å². The van der Waals surface area contributed by atoms with E-state index >= 15 is 0 Å². The van der Waals surface area contributed by atoms with Gasteiger partial charge in [0.15, 0.2) is 11.6 Å². The number of hydrogen-bond donors (Lipinski definition) is 0. The third-order valence-corrected chi connectivity index (χ3v) is 4.53. The molecule has 3 aromatic rings. The van der Waals surface area contributed by atoms with E-state index in [4.69, 9.17) is 4.74 Å². The van der Waals surface area contributed by atoms with Crippen molar-refractivity contribution < 1.29 is 9.53 Å². The van der Waals surface area contributed by atoms with Crippen LogP contribution in [0, 0.1) is 0 Å². The van der Waals surface area contributed by atoms with Gasteiger partial charge in [-0.25, -0.2) is 9.50 Å². The van der Waals surface area contributed by atoms with E-state index in [1.54, 1.807) is 17.8 Å². The average Bonchev–Trinajstić information content (AvgIpc) is 3.02. The van der Waals surface area contributed by atoms with E-state index in [0.29, 0.717) is 17.8 Å². The zero-order chi connectivity index (χ0) is 16.7. The lowest BCUT2D eigenvalue weighted by atomic mass is 9.82. The number of aromatic nitrogens is 4. The number of Topliss-reactive ketones (excluding diaryl/α,β-unsaturated/α-hetero) is 1. The summed E-state index contributed by atoms with van der Waals surface area (Å²) in [6.45, 7) is 2.00. The molecule has 1 atom stereocenters. The Morgan fingerprint density at radius 3 is 2.71 bits per heavy atom. The van der Waals surface area contributed by atoms with Crippen LogP contribution in [0.4, 0.5) is 0 Å². The Labute approximate surface area is 139 Å². The van der Waals surface area contributed by atoms with Crippen LogP contribution in [0.15, 0.2) is 30.5 Å². The molecule has 0 saturated heterocycles. The Bertz CT molecular complexity index is 915. The first-order valence-corrected chi connectivity index (χ1v) is 8.10. The van der Waals surface area contributed by atoms with E-state index in [1.165, 1.54) is 0 Å². The van der Waals surface area contributed by atoms with Gasteiger partial charge in [0.25, 0.3) is 5.78 Å². The molecule has 122 valence electrons. The molecule has 0 amide bonds. The van der Waals surface area contributed by atoms with Crippen molar-refractivity contribution in [3.05, 3.63) is 53.1 Å². The van der Waals surface area contributed by atoms with Crippen LogP contribution in [-0.4, -0.2) is 32.5 Å². The number of fused-ring (bicyclic) bond motifs is 2. The van der Waals surface area contributed by atoms with Gasteiger partial charge in [0.1, 0.15) is 5.75 Å². The van der Waals surface area contributed by atoms with E-state index < -0.39 is 0 Å². The fourth-order valence-corrected chi connectivity index (χ4v) is 3.19. The molecule has 0 fully saturated rings. The fourth-order valence-electron chi connectivity index (χ4n) is 3.19. The largest absolute Gasteiger partial charge is 0.497 e. The summed E-state index contributed by atoms with van der Waals surface area (Å²) in [6.07, 6.45) is 3.74. The minimum absolute atomic E-state index is 0.111. The van der Waals surface area contributed by atoms with Crippen molar-refractivity contribution in [3.63, 3.8) is 0 Å². The zero-order valence-electron chi connectivity index (χ0n) is 13.7. The first-order valence-electron chi connectivity index (χ1n) is 8.10. The maximum absolute atomic E-state index is 12.6. The SMILES string of the molecule is CCc1nc2nc3c(cn2n1)C(=O)C[C@H](c1ccc(OC)cc1)C3. The highest BCUT2D eigenvalue weighted by atomic mass is 16.5. The summed E-state index contributed by atoms with van der Waals surface area (Å²) in [7, 11) is 1.65. The van der Waals surface area contributed by atoms with E-state index in [0.717, 1.165) is 35.7 Å². The van der Waals surface area contributed by atoms with E-state index in [1.807, 2.05) is 31.2 Å². The van der Waals surface area contributed by atoms with Gasteiger partial charge < -0.3 is 4.74 Å². The Balaban J connectivity index is 1.71. The molecule has 0 N–H and O–H groups in total. The van der Waals surface area contributed by atoms with Crippen molar-refractivity contribution >= 4 is 11.6 Å². The van der Waals surface area contributed by atoms with Crippen LogP contribution in [0.5, 0.6) is 5.75 Å². The average molecular weight is 322 g/mol. The molecule has 0 unspecified atom stereocenters. The van der Waals surface area contributed by atoms with Gasteiger partial charge in [-0.05, 0) is 30.0 Å². The highest BCUT2D eigenvalue weighted by Crippen LogP contribution is 2.32. The van der Waals surface area contributed by atoms with Crippen molar-refractivity contribution in [3.8, 4) is 5.75 Å². The predicted octanol–water partition coefficient (Wildman–Crippen LogP) is 2.61. The second-order valence-electron chi connectivity index (χ2n) is 6.03. The maximum atomic E-state index is 12.6. The first kappa shape index (κ1) is 14.8. The highest BCUT2D eigenvalue weighted by Gasteiger charge is 2.28. The Morgan fingerprint density at radius 2 is 2.00 bits per heavy atom. The predicted molar refractivity (Wildman–Crippen MR) is 88.5 cm³/mol. The van der Waals surface area contributed by atoms with Crippen LogP contribution in [-0.2, 0) is 12.8 Å². The van der Waals surface area contributed by atoms with E-state index in [2.05, 4.69) is 15.1 Å². The number of hydrogen-bond acceptors (Lipinski definition) is 5. The molecule has 1 aromatic carbocycles. The van der Waals surface area contributed by atoms with Crippen LogP contribution >= 0.6 is 0 Å². The molecule has 4 rings (SSSR count). The van der Waals surface area contributed by atoms with Crippen LogP contribution in [0.25, 0.3) is 5.78 Å². The monoisotopic (exact) mass is 322 g/mol. The highest BCUT2D eigenvalue weighted by molar-refractivity contribution is 5.98. The van der Waals surface area contributed by atoms with Crippen molar-refractivity contribution in [2.24, 2.45) is 0 Å². The molecule has 1 aliphatic carbocycles. The fraction of sp³-hybridized carbons (Fsp3) is 0.333. The molecular formula is C18H18N4O2. The molecule has 0 spiro atoms. The molecule has 0 saturated carbocycles. The number of aryl methyl sites for hydroxylation is 1. The summed E-state index contributed by atoms with van der Waals surface area (Å²) in [5, 5.41) is 4.35. The van der Waals surface area contributed by atoms with Gasteiger partial charge in [-0.3, -0.25) is 4.79 Å². The first-order chi connectivity index (χ1) is 11.7. The van der Waals surface area contributed by atoms with Gasteiger partial charge in [0, 0.05) is 19.0 Å². The minimum Gasteiger partial charge on any atom is -0.497 e.